The summed E-state index contributed by atoms with van der Waals surface area (Å²) in [6.45, 7) is 7.64. The van der Waals surface area contributed by atoms with E-state index >= 15 is 0 Å². The van der Waals surface area contributed by atoms with Gasteiger partial charge in [-0.2, -0.15) is 0 Å². The van der Waals surface area contributed by atoms with Gasteiger partial charge >= 0.3 is 7.12 Å². The first-order valence-corrected chi connectivity index (χ1v) is 7.08. The monoisotopic (exact) mass is 287 g/mol. The van der Waals surface area contributed by atoms with Gasteiger partial charge in [0.2, 0.25) is 0 Å². The molecule has 1 aromatic heterocycles. The van der Waals surface area contributed by atoms with Crippen LogP contribution in [-0.2, 0) is 9.31 Å². The maximum atomic E-state index is 14.4. The average Bonchev–Trinajstić information content (AvgIpc) is 2.91. The molecule has 3 rings (SSSR count). The number of hydrogen-bond donors (Lipinski definition) is 1. The van der Waals surface area contributed by atoms with E-state index in [1.54, 1.807) is 0 Å². The summed E-state index contributed by atoms with van der Waals surface area (Å²) >= 11 is 0. The number of hydrogen-bond acceptors (Lipinski definition) is 2. The molecule has 21 heavy (non-hydrogen) atoms. The number of fused-ring (bicyclic) bond motifs is 1. The van der Waals surface area contributed by atoms with Crippen molar-refractivity contribution in [1.29, 1.82) is 0 Å². The van der Waals surface area contributed by atoms with Crippen LogP contribution in [0.15, 0.2) is 36.2 Å². The normalized spacial score (nSPS) is 21.2. The van der Waals surface area contributed by atoms with Crippen LogP contribution in [0.3, 0.4) is 0 Å². The fourth-order valence-electron chi connectivity index (χ4n) is 2.34. The molecule has 1 aliphatic heterocycles. The van der Waals surface area contributed by atoms with E-state index in [2.05, 4.69) is 4.98 Å². The van der Waals surface area contributed by atoms with Crippen molar-refractivity contribution in [3.05, 3.63) is 41.8 Å². The van der Waals surface area contributed by atoms with E-state index in [4.69, 9.17) is 9.31 Å². The van der Waals surface area contributed by atoms with Crippen LogP contribution in [-0.4, -0.2) is 23.3 Å². The standard InChI is InChI=1S/C16H19BFNO2/c1-15(2)16(3,4)21-17(20-15)14(18)10-11-5-6-13-12(9-11)7-8-19-13/h5-10,19H,1-4H3. The summed E-state index contributed by atoms with van der Waals surface area (Å²) in [7, 11) is -0.947. The van der Waals surface area contributed by atoms with Crippen LogP contribution in [0, 0.1) is 0 Å². The van der Waals surface area contributed by atoms with Gasteiger partial charge in [-0.15, -0.1) is 0 Å². The maximum Gasteiger partial charge on any atom is 0.525 e. The Morgan fingerprint density at radius 3 is 2.48 bits per heavy atom. The highest BCUT2D eigenvalue weighted by Crippen LogP contribution is 2.39. The van der Waals surface area contributed by atoms with Gasteiger partial charge in [0.1, 0.15) is 5.73 Å². The highest BCUT2D eigenvalue weighted by molar-refractivity contribution is 6.54. The summed E-state index contributed by atoms with van der Waals surface area (Å²) in [6.07, 6.45) is 3.33. The highest BCUT2D eigenvalue weighted by Gasteiger charge is 2.53. The summed E-state index contributed by atoms with van der Waals surface area (Å²) in [5.74, 6) is 0. The van der Waals surface area contributed by atoms with Crippen molar-refractivity contribution < 1.29 is 13.7 Å². The van der Waals surface area contributed by atoms with Gasteiger partial charge in [0.25, 0.3) is 0 Å². The first-order chi connectivity index (χ1) is 9.78. The first kappa shape index (κ1) is 14.4. The molecule has 0 saturated carbocycles. The zero-order valence-electron chi connectivity index (χ0n) is 12.7. The Morgan fingerprint density at radius 1 is 1.14 bits per heavy atom. The van der Waals surface area contributed by atoms with Gasteiger partial charge in [-0.25, -0.2) is 4.39 Å². The van der Waals surface area contributed by atoms with Gasteiger partial charge in [-0.1, -0.05) is 6.07 Å². The SMILES string of the molecule is CC1(C)OB(C(F)=Cc2ccc3[nH]ccc3c2)OC1(C)C. The summed E-state index contributed by atoms with van der Waals surface area (Å²) in [5.41, 5.74) is 0.335. The van der Waals surface area contributed by atoms with Gasteiger partial charge in [0.05, 0.1) is 11.2 Å². The molecule has 0 aliphatic carbocycles. The van der Waals surface area contributed by atoms with Crippen LogP contribution < -0.4 is 0 Å². The number of halogens is 1. The third-order valence-corrected chi connectivity index (χ3v) is 4.36. The highest BCUT2D eigenvalue weighted by atomic mass is 19.1. The van der Waals surface area contributed by atoms with Crippen LogP contribution in [0.4, 0.5) is 4.39 Å². The largest absolute Gasteiger partial charge is 0.525 e. The third kappa shape index (κ3) is 2.52. The Bertz CT molecular complexity index is 689. The second kappa shape index (κ2) is 4.72. The molecule has 0 atom stereocenters. The molecule has 1 N–H and O–H groups in total. The molecule has 1 aromatic carbocycles. The molecule has 1 aliphatic rings. The molecule has 5 heteroatoms. The summed E-state index contributed by atoms with van der Waals surface area (Å²) in [5, 5.41) is 1.05. The Labute approximate surface area is 124 Å². The summed E-state index contributed by atoms with van der Waals surface area (Å²) in [4.78, 5) is 3.11. The lowest BCUT2D eigenvalue weighted by Crippen LogP contribution is -2.41. The Balaban J connectivity index is 1.86. The molecule has 1 fully saturated rings. The Kier molecular flexibility index (Phi) is 3.22. The van der Waals surface area contributed by atoms with Crippen molar-refractivity contribution in [1.82, 2.24) is 4.98 Å². The predicted molar refractivity (Wildman–Crippen MR) is 83.5 cm³/mol. The van der Waals surface area contributed by atoms with E-state index in [1.165, 1.54) is 6.08 Å². The minimum absolute atomic E-state index is 0.413. The molecule has 1 saturated heterocycles. The lowest BCUT2D eigenvalue weighted by atomic mass is 9.87. The fourth-order valence-corrected chi connectivity index (χ4v) is 2.34. The van der Waals surface area contributed by atoms with Crippen LogP contribution in [0.2, 0.25) is 0 Å². The van der Waals surface area contributed by atoms with E-state index in [0.29, 0.717) is 0 Å². The molecule has 0 unspecified atom stereocenters. The predicted octanol–water partition coefficient (Wildman–Crippen LogP) is 4.11. The van der Waals surface area contributed by atoms with Gasteiger partial charge in [0, 0.05) is 11.7 Å². The van der Waals surface area contributed by atoms with E-state index in [1.807, 2.05) is 58.2 Å². The summed E-state index contributed by atoms with van der Waals surface area (Å²) in [6, 6.07) is 7.68. The van der Waals surface area contributed by atoms with Crippen molar-refractivity contribution >= 4 is 24.1 Å². The zero-order chi connectivity index (χ0) is 15.3. The van der Waals surface area contributed by atoms with Crippen molar-refractivity contribution in [2.24, 2.45) is 0 Å². The van der Waals surface area contributed by atoms with Crippen molar-refractivity contribution in [3.63, 3.8) is 0 Å². The lowest BCUT2D eigenvalue weighted by Gasteiger charge is -2.32. The molecule has 0 amide bonds. The Morgan fingerprint density at radius 2 is 1.81 bits per heavy atom. The van der Waals surface area contributed by atoms with Crippen molar-refractivity contribution in [3.8, 4) is 0 Å². The van der Waals surface area contributed by atoms with Crippen LogP contribution >= 0.6 is 0 Å². The minimum Gasteiger partial charge on any atom is -0.398 e. The molecule has 0 bridgehead atoms. The minimum atomic E-state index is -0.947. The van der Waals surface area contributed by atoms with Crippen molar-refractivity contribution in [2.75, 3.05) is 0 Å². The van der Waals surface area contributed by atoms with Crippen LogP contribution in [0.5, 0.6) is 0 Å². The molecule has 110 valence electrons. The number of aromatic nitrogens is 1. The van der Waals surface area contributed by atoms with Crippen molar-refractivity contribution in [2.45, 2.75) is 38.9 Å². The topological polar surface area (TPSA) is 34.2 Å². The first-order valence-electron chi connectivity index (χ1n) is 7.08. The van der Waals surface area contributed by atoms with E-state index < -0.39 is 24.0 Å². The van der Waals surface area contributed by atoms with Gasteiger partial charge in [-0.3, -0.25) is 0 Å². The summed E-state index contributed by atoms with van der Waals surface area (Å²) < 4.78 is 25.8. The average molecular weight is 287 g/mol. The molecule has 3 nitrogen and oxygen atoms in total. The van der Waals surface area contributed by atoms with Gasteiger partial charge in [0.15, 0.2) is 0 Å². The second-order valence-electron chi connectivity index (χ2n) is 6.44. The van der Waals surface area contributed by atoms with Gasteiger partial charge < -0.3 is 14.3 Å². The molecular weight excluding hydrogens is 268 g/mol. The van der Waals surface area contributed by atoms with Crippen LogP contribution in [0.1, 0.15) is 33.3 Å². The zero-order valence-corrected chi connectivity index (χ0v) is 12.7. The van der Waals surface area contributed by atoms with Crippen LogP contribution in [0.25, 0.3) is 17.0 Å². The number of rotatable bonds is 2. The molecular formula is C16H19BFNO2. The van der Waals surface area contributed by atoms with E-state index in [9.17, 15) is 4.39 Å². The maximum absolute atomic E-state index is 14.4. The quantitative estimate of drug-likeness (QED) is 0.843. The smallest absolute Gasteiger partial charge is 0.398 e. The number of nitrogens with one attached hydrogen (secondary N) is 1. The second-order valence-corrected chi connectivity index (χ2v) is 6.44. The van der Waals surface area contributed by atoms with Gasteiger partial charge in [-0.05, 0) is 62.9 Å². The van der Waals surface area contributed by atoms with E-state index in [-0.39, 0.29) is 0 Å². The number of benzene rings is 1. The molecule has 0 radical (unpaired) electrons. The number of aromatic amines is 1. The Hall–Kier alpha value is -1.59. The molecule has 2 aromatic rings. The van der Waals surface area contributed by atoms with E-state index in [0.717, 1.165) is 16.5 Å². The third-order valence-electron chi connectivity index (χ3n) is 4.36. The molecule has 2 heterocycles. The fraction of sp³-hybridized carbons (Fsp3) is 0.375. The molecule has 0 spiro atoms. The number of H-pyrrole nitrogens is 1. The lowest BCUT2D eigenvalue weighted by molar-refractivity contribution is 0.00578.